The molecule has 0 spiro atoms. The third-order valence-corrected chi connectivity index (χ3v) is 6.40. The van der Waals surface area contributed by atoms with Gasteiger partial charge in [-0.3, -0.25) is 14.7 Å². The average Bonchev–Trinajstić information content (AvgIpc) is 2.93. The zero-order chi connectivity index (χ0) is 25.6. The molecule has 188 valence electrons. The Balaban J connectivity index is 1.27. The molecule has 1 N–H and O–H groups in total. The molecule has 37 heavy (non-hydrogen) atoms. The highest BCUT2D eigenvalue weighted by Crippen LogP contribution is 2.27. The van der Waals surface area contributed by atoms with Crippen LogP contribution in [0.3, 0.4) is 0 Å². The van der Waals surface area contributed by atoms with Crippen LogP contribution in [0.1, 0.15) is 21.5 Å². The number of ether oxygens (including phenoxy) is 1. The number of aryl methyl sites for hydroxylation is 1. The minimum Gasteiger partial charge on any atom is -0.424 e. The van der Waals surface area contributed by atoms with Crippen molar-refractivity contribution in [1.82, 2.24) is 24.8 Å². The highest BCUT2D eigenvalue weighted by Gasteiger charge is 2.15. The molecule has 5 rings (SSSR count). The van der Waals surface area contributed by atoms with Crippen LogP contribution in [-0.4, -0.2) is 63.9 Å². The number of carbonyl (C=O) groups is 1. The molecule has 4 aromatic rings. The van der Waals surface area contributed by atoms with E-state index in [0.717, 1.165) is 49.5 Å². The molecule has 1 amide bonds. The average molecular weight is 495 g/mol. The number of piperazine rings is 1. The van der Waals surface area contributed by atoms with Gasteiger partial charge in [-0.15, -0.1) is 0 Å². The number of amides is 1. The third-order valence-electron chi connectivity index (χ3n) is 6.40. The fourth-order valence-corrected chi connectivity index (χ4v) is 4.21. The number of likely N-dealkylation sites (N-methyl/N-ethyl adjacent to an activating group) is 1. The van der Waals surface area contributed by atoms with E-state index in [1.165, 1.54) is 0 Å². The molecule has 0 bridgehead atoms. The zero-order valence-electron chi connectivity index (χ0n) is 21.1. The van der Waals surface area contributed by atoms with Crippen LogP contribution in [0.2, 0.25) is 0 Å². The van der Waals surface area contributed by atoms with Crippen molar-refractivity contribution in [1.29, 1.82) is 0 Å². The molecule has 0 saturated carbocycles. The van der Waals surface area contributed by atoms with Gasteiger partial charge in [0.25, 0.3) is 5.91 Å². The van der Waals surface area contributed by atoms with E-state index in [2.05, 4.69) is 43.2 Å². The van der Waals surface area contributed by atoms with Crippen molar-refractivity contribution in [2.75, 3.05) is 38.5 Å². The Bertz CT molecular complexity index is 1370. The summed E-state index contributed by atoms with van der Waals surface area (Å²) in [5.41, 5.74) is 4.71. The summed E-state index contributed by atoms with van der Waals surface area (Å²) in [5, 5.41) is 3.00. The van der Waals surface area contributed by atoms with E-state index in [0.29, 0.717) is 22.7 Å². The molecule has 1 saturated heterocycles. The lowest BCUT2D eigenvalue weighted by Crippen LogP contribution is -2.43. The number of hydrogen-bond acceptors (Lipinski definition) is 7. The highest BCUT2D eigenvalue weighted by atomic mass is 16.5. The molecule has 0 atom stereocenters. The van der Waals surface area contributed by atoms with Gasteiger partial charge in [-0.2, -0.15) is 4.98 Å². The van der Waals surface area contributed by atoms with E-state index in [9.17, 15) is 4.79 Å². The van der Waals surface area contributed by atoms with Crippen LogP contribution >= 0.6 is 0 Å². The van der Waals surface area contributed by atoms with Crippen molar-refractivity contribution in [2.45, 2.75) is 13.5 Å². The first-order valence-electron chi connectivity index (χ1n) is 12.4. The van der Waals surface area contributed by atoms with Gasteiger partial charge in [-0.05, 0) is 61.5 Å². The molecule has 2 aromatic carbocycles. The normalized spacial score (nSPS) is 14.3. The number of aromatic nitrogens is 3. The van der Waals surface area contributed by atoms with Crippen LogP contribution in [0.25, 0.3) is 11.4 Å². The van der Waals surface area contributed by atoms with E-state index >= 15 is 0 Å². The first kappa shape index (κ1) is 24.5. The first-order chi connectivity index (χ1) is 18.0. The van der Waals surface area contributed by atoms with E-state index < -0.39 is 0 Å². The van der Waals surface area contributed by atoms with E-state index in [-0.39, 0.29) is 11.9 Å². The van der Waals surface area contributed by atoms with E-state index in [4.69, 9.17) is 4.74 Å². The van der Waals surface area contributed by atoms with Gasteiger partial charge in [-0.25, -0.2) is 4.98 Å². The van der Waals surface area contributed by atoms with Gasteiger partial charge in [-0.1, -0.05) is 24.3 Å². The lowest BCUT2D eigenvalue weighted by atomic mass is 10.1. The Morgan fingerprint density at radius 1 is 0.919 bits per heavy atom. The summed E-state index contributed by atoms with van der Waals surface area (Å²) in [7, 11) is 2.15. The Labute approximate surface area is 217 Å². The number of benzene rings is 2. The fraction of sp³-hybridized carbons (Fsp3) is 0.241. The zero-order valence-corrected chi connectivity index (χ0v) is 21.1. The maximum atomic E-state index is 13.1. The van der Waals surface area contributed by atoms with E-state index in [1.807, 2.05) is 55.5 Å². The van der Waals surface area contributed by atoms with Gasteiger partial charge < -0.3 is 15.0 Å². The standard InChI is InChI=1S/C29H30N6O2/c1-21-9-10-24(19-27(21)37-29-31-13-11-26(33-29)25-8-3-4-12-30-25)32-28(36)23-7-5-6-22(18-23)20-35-16-14-34(2)15-17-35/h3-13,18-19H,14-17,20H2,1-2H3,(H,32,36). The van der Waals surface area contributed by atoms with E-state index in [1.54, 1.807) is 24.5 Å². The molecule has 1 fully saturated rings. The van der Waals surface area contributed by atoms with Crippen LogP contribution in [-0.2, 0) is 6.54 Å². The summed E-state index contributed by atoms with van der Waals surface area (Å²) in [6, 6.07) is 21.0. The van der Waals surface area contributed by atoms with Gasteiger partial charge in [0.2, 0.25) is 0 Å². The van der Waals surface area contributed by atoms with Gasteiger partial charge in [0.15, 0.2) is 0 Å². The number of carbonyl (C=O) groups excluding carboxylic acids is 1. The molecule has 0 unspecified atom stereocenters. The minimum absolute atomic E-state index is 0.163. The van der Waals surface area contributed by atoms with Gasteiger partial charge >= 0.3 is 6.01 Å². The fourth-order valence-electron chi connectivity index (χ4n) is 4.21. The van der Waals surface area contributed by atoms with Crippen LogP contribution in [0.15, 0.2) is 79.1 Å². The molecular weight excluding hydrogens is 464 g/mol. The Morgan fingerprint density at radius 2 is 1.78 bits per heavy atom. The SMILES string of the molecule is Cc1ccc(NC(=O)c2cccc(CN3CCN(C)CC3)c2)cc1Oc1nccc(-c2ccccn2)n1. The van der Waals surface area contributed by atoms with Crippen molar-refractivity contribution in [3.63, 3.8) is 0 Å². The lowest BCUT2D eigenvalue weighted by Gasteiger charge is -2.32. The number of anilines is 1. The minimum atomic E-state index is -0.163. The Hall–Kier alpha value is -4.14. The summed E-state index contributed by atoms with van der Waals surface area (Å²) in [6.45, 7) is 6.98. The topological polar surface area (TPSA) is 83.5 Å². The highest BCUT2D eigenvalue weighted by molar-refractivity contribution is 6.04. The molecular formula is C29H30N6O2. The summed E-state index contributed by atoms with van der Waals surface area (Å²) >= 11 is 0. The Kier molecular flexibility index (Phi) is 7.49. The summed E-state index contributed by atoms with van der Waals surface area (Å²) < 4.78 is 6.00. The first-order valence-corrected chi connectivity index (χ1v) is 12.4. The number of nitrogens with one attached hydrogen (secondary N) is 1. The van der Waals surface area contributed by atoms with Crippen molar-refractivity contribution >= 4 is 11.6 Å². The lowest BCUT2D eigenvalue weighted by molar-refractivity contribution is 0.102. The molecule has 8 nitrogen and oxygen atoms in total. The number of hydrogen-bond donors (Lipinski definition) is 1. The van der Waals surface area contributed by atoms with Crippen molar-refractivity contribution in [2.24, 2.45) is 0 Å². The predicted molar refractivity (Wildman–Crippen MR) is 144 cm³/mol. The molecule has 3 heterocycles. The summed E-state index contributed by atoms with van der Waals surface area (Å²) in [5.74, 6) is 0.406. The van der Waals surface area contributed by atoms with Crippen molar-refractivity contribution < 1.29 is 9.53 Å². The number of nitrogens with zero attached hydrogens (tertiary/aromatic N) is 5. The monoisotopic (exact) mass is 494 g/mol. The maximum Gasteiger partial charge on any atom is 0.322 e. The van der Waals surface area contributed by atoms with Crippen molar-refractivity contribution in [3.8, 4) is 23.1 Å². The third kappa shape index (κ3) is 6.35. The largest absolute Gasteiger partial charge is 0.424 e. The molecule has 1 aliphatic heterocycles. The second-order valence-electron chi connectivity index (χ2n) is 9.26. The predicted octanol–water partition coefficient (Wildman–Crippen LogP) is 4.64. The number of pyridine rings is 1. The molecule has 0 radical (unpaired) electrons. The second kappa shape index (κ2) is 11.3. The quantitative estimate of drug-likeness (QED) is 0.401. The molecule has 0 aliphatic carbocycles. The molecule has 8 heteroatoms. The van der Waals surface area contributed by atoms with Crippen LogP contribution in [0.5, 0.6) is 11.8 Å². The maximum absolute atomic E-state index is 13.1. The second-order valence-corrected chi connectivity index (χ2v) is 9.26. The molecule has 2 aromatic heterocycles. The van der Waals surface area contributed by atoms with Gasteiger partial charge in [0, 0.05) is 62.4 Å². The summed E-state index contributed by atoms with van der Waals surface area (Å²) in [6.07, 6.45) is 3.36. The summed E-state index contributed by atoms with van der Waals surface area (Å²) in [4.78, 5) is 30.9. The van der Waals surface area contributed by atoms with Gasteiger partial charge in [0.1, 0.15) is 5.75 Å². The van der Waals surface area contributed by atoms with Crippen LogP contribution in [0.4, 0.5) is 5.69 Å². The van der Waals surface area contributed by atoms with Gasteiger partial charge in [0.05, 0.1) is 11.4 Å². The van der Waals surface area contributed by atoms with Crippen LogP contribution in [0, 0.1) is 6.92 Å². The smallest absolute Gasteiger partial charge is 0.322 e. The molecule has 1 aliphatic rings. The van der Waals surface area contributed by atoms with Crippen LogP contribution < -0.4 is 10.1 Å². The Morgan fingerprint density at radius 3 is 2.59 bits per heavy atom. The van der Waals surface area contributed by atoms with Crippen molar-refractivity contribution in [3.05, 3.63) is 95.8 Å². The number of rotatable bonds is 7.